The maximum atomic E-state index is 10.4. The molecule has 102 valence electrons. The average molecular weight is 256 g/mol. The van der Waals surface area contributed by atoms with Crippen molar-refractivity contribution < 1.29 is 5.11 Å². The Morgan fingerprint density at radius 1 is 1.05 bits per heavy atom. The van der Waals surface area contributed by atoms with Gasteiger partial charge in [0.05, 0.1) is 6.10 Å². The first-order valence-corrected chi connectivity index (χ1v) is 8.06. The number of aliphatic hydroxyl groups excluding tert-OH is 1. The Morgan fingerprint density at radius 2 is 1.74 bits per heavy atom. The summed E-state index contributed by atoms with van der Waals surface area (Å²) in [6.07, 6.45) is 7.65. The number of aliphatic hydroxyl groups is 1. The minimum atomic E-state index is -0.0119. The summed E-state index contributed by atoms with van der Waals surface area (Å²) in [7, 11) is 0. The zero-order chi connectivity index (χ0) is 12.8. The Kier molecular flexibility index (Phi) is 2.91. The van der Waals surface area contributed by atoms with Crippen LogP contribution in [0.15, 0.2) is 30.3 Å². The molecular formula is C18H24O. The van der Waals surface area contributed by atoms with Gasteiger partial charge in [0.2, 0.25) is 0 Å². The van der Waals surface area contributed by atoms with Gasteiger partial charge in [0.25, 0.3) is 0 Å². The number of hydrogen-bond donors (Lipinski definition) is 1. The molecule has 0 heterocycles. The Balaban J connectivity index is 1.26. The van der Waals surface area contributed by atoms with Gasteiger partial charge in [-0.25, -0.2) is 0 Å². The van der Waals surface area contributed by atoms with Gasteiger partial charge in [0, 0.05) is 0 Å². The molecule has 1 nitrogen and oxygen atoms in total. The van der Waals surface area contributed by atoms with Crippen LogP contribution in [0.25, 0.3) is 0 Å². The predicted molar refractivity (Wildman–Crippen MR) is 76.7 cm³/mol. The van der Waals surface area contributed by atoms with E-state index in [1.54, 1.807) is 0 Å². The van der Waals surface area contributed by atoms with Gasteiger partial charge in [0.1, 0.15) is 0 Å². The van der Waals surface area contributed by atoms with E-state index in [9.17, 15) is 5.11 Å². The minimum Gasteiger partial charge on any atom is -0.393 e. The van der Waals surface area contributed by atoms with Crippen LogP contribution < -0.4 is 0 Å². The van der Waals surface area contributed by atoms with Gasteiger partial charge in [-0.15, -0.1) is 0 Å². The normalized spacial score (nSPS) is 40.2. The summed E-state index contributed by atoms with van der Waals surface area (Å²) < 4.78 is 0. The topological polar surface area (TPSA) is 20.2 Å². The molecule has 3 aliphatic carbocycles. The maximum absolute atomic E-state index is 10.4. The molecule has 0 amide bonds. The van der Waals surface area contributed by atoms with Crippen LogP contribution in [-0.2, 0) is 6.42 Å². The summed E-state index contributed by atoms with van der Waals surface area (Å²) in [5.41, 5.74) is 1.41. The first-order chi connectivity index (χ1) is 9.34. The van der Waals surface area contributed by atoms with Crippen molar-refractivity contribution in [2.24, 2.45) is 29.6 Å². The van der Waals surface area contributed by atoms with E-state index in [0.717, 1.165) is 42.9 Å². The first kappa shape index (κ1) is 12.0. The molecule has 0 saturated heterocycles. The van der Waals surface area contributed by atoms with Crippen LogP contribution >= 0.6 is 0 Å². The highest BCUT2D eigenvalue weighted by Gasteiger charge is 2.66. The predicted octanol–water partition coefficient (Wildman–Crippen LogP) is 3.66. The lowest BCUT2D eigenvalue weighted by atomic mass is 9.95. The van der Waals surface area contributed by atoms with Gasteiger partial charge in [-0.05, 0) is 73.7 Å². The summed E-state index contributed by atoms with van der Waals surface area (Å²) in [6, 6.07) is 10.7. The second-order valence-electron chi connectivity index (χ2n) is 7.01. The molecule has 0 spiro atoms. The molecule has 3 aliphatic rings. The first-order valence-electron chi connectivity index (χ1n) is 8.06. The quantitative estimate of drug-likeness (QED) is 0.852. The standard InChI is InChI=1S/C18H24O/c19-15(8-4-7-12-5-2-1-3-6-12)18-16-13-9-10-14(11-13)17(16)18/h1-3,5-6,13-19H,4,7-11H2. The van der Waals surface area contributed by atoms with Crippen molar-refractivity contribution in [3.8, 4) is 0 Å². The lowest BCUT2D eigenvalue weighted by molar-refractivity contribution is 0.117. The van der Waals surface area contributed by atoms with E-state index in [-0.39, 0.29) is 6.10 Å². The van der Waals surface area contributed by atoms with Crippen LogP contribution in [0.2, 0.25) is 0 Å². The zero-order valence-corrected chi connectivity index (χ0v) is 11.5. The molecule has 0 aliphatic heterocycles. The maximum Gasteiger partial charge on any atom is 0.0574 e. The molecule has 1 heteroatoms. The van der Waals surface area contributed by atoms with Crippen LogP contribution in [0, 0.1) is 29.6 Å². The van der Waals surface area contributed by atoms with Crippen molar-refractivity contribution in [2.45, 2.75) is 44.6 Å². The van der Waals surface area contributed by atoms with E-state index in [0.29, 0.717) is 5.92 Å². The molecule has 2 bridgehead atoms. The third kappa shape index (κ3) is 2.03. The minimum absolute atomic E-state index is 0.0119. The average Bonchev–Trinajstić information content (AvgIpc) is 2.89. The molecule has 0 aromatic heterocycles. The fourth-order valence-corrected chi connectivity index (χ4v) is 5.26. The van der Waals surface area contributed by atoms with Gasteiger partial charge in [-0.1, -0.05) is 30.3 Å². The van der Waals surface area contributed by atoms with Crippen LogP contribution in [0.4, 0.5) is 0 Å². The van der Waals surface area contributed by atoms with Gasteiger partial charge in [-0.3, -0.25) is 0 Å². The SMILES string of the molecule is OC(CCCc1ccccc1)C1C2C3CCC(C3)C12. The van der Waals surface area contributed by atoms with Crippen molar-refractivity contribution in [2.75, 3.05) is 0 Å². The van der Waals surface area contributed by atoms with Crippen LogP contribution in [0.5, 0.6) is 0 Å². The summed E-state index contributed by atoms with van der Waals surface area (Å²) in [5.74, 6) is 4.51. The van der Waals surface area contributed by atoms with Crippen molar-refractivity contribution in [1.29, 1.82) is 0 Å². The smallest absolute Gasteiger partial charge is 0.0574 e. The van der Waals surface area contributed by atoms with Crippen LogP contribution in [-0.4, -0.2) is 11.2 Å². The highest BCUT2D eigenvalue weighted by molar-refractivity contribution is 5.16. The summed E-state index contributed by atoms with van der Waals surface area (Å²) >= 11 is 0. The number of rotatable bonds is 5. The van der Waals surface area contributed by atoms with Crippen molar-refractivity contribution >= 4 is 0 Å². The van der Waals surface area contributed by atoms with Crippen LogP contribution in [0.1, 0.15) is 37.7 Å². The van der Waals surface area contributed by atoms with Crippen LogP contribution in [0.3, 0.4) is 0 Å². The fraction of sp³-hybridized carbons (Fsp3) is 0.667. The highest BCUT2D eigenvalue weighted by atomic mass is 16.3. The molecule has 5 atom stereocenters. The number of hydrogen-bond acceptors (Lipinski definition) is 1. The monoisotopic (exact) mass is 256 g/mol. The van der Waals surface area contributed by atoms with Crippen molar-refractivity contribution in [1.82, 2.24) is 0 Å². The summed E-state index contributed by atoms with van der Waals surface area (Å²) in [6.45, 7) is 0. The molecule has 1 N–H and O–H groups in total. The Labute approximate surface area is 116 Å². The zero-order valence-electron chi connectivity index (χ0n) is 11.5. The molecule has 4 rings (SSSR count). The van der Waals surface area contributed by atoms with Gasteiger partial charge < -0.3 is 5.11 Å². The molecule has 0 radical (unpaired) electrons. The van der Waals surface area contributed by atoms with E-state index in [1.807, 2.05) is 0 Å². The van der Waals surface area contributed by atoms with E-state index >= 15 is 0 Å². The lowest BCUT2D eigenvalue weighted by Crippen LogP contribution is -2.15. The molecule has 5 unspecified atom stereocenters. The van der Waals surface area contributed by atoms with Gasteiger partial charge >= 0.3 is 0 Å². The third-order valence-electron chi connectivity index (χ3n) is 6.05. The largest absolute Gasteiger partial charge is 0.393 e. The van der Waals surface area contributed by atoms with E-state index in [2.05, 4.69) is 30.3 Å². The second-order valence-corrected chi connectivity index (χ2v) is 7.01. The molecule has 19 heavy (non-hydrogen) atoms. The van der Waals surface area contributed by atoms with Crippen molar-refractivity contribution in [3.05, 3.63) is 35.9 Å². The third-order valence-corrected chi connectivity index (χ3v) is 6.05. The van der Waals surface area contributed by atoms with Gasteiger partial charge in [0.15, 0.2) is 0 Å². The molecule has 3 fully saturated rings. The Bertz CT molecular complexity index is 424. The highest BCUT2D eigenvalue weighted by Crippen LogP contribution is 2.70. The van der Waals surface area contributed by atoms with Crippen molar-refractivity contribution in [3.63, 3.8) is 0 Å². The van der Waals surface area contributed by atoms with Gasteiger partial charge in [-0.2, -0.15) is 0 Å². The fourth-order valence-electron chi connectivity index (χ4n) is 5.26. The Hall–Kier alpha value is -0.820. The summed E-state index contributed by atoms with van der Waals surface area (Å²) in [5, 5.41) is 10.4. The number of aryl methyl sites for hydroxylation is 1. The molecule has 3 saturated carbocycles. The Morgan fingerprint density at radius 3 is 2.42 bits per heavy atom. The summed E-state index contributed by atoms with van der Waals surface area (Å²) in [4.78, 5) is 0. The molecular weight excluding hydrogens is 232 g/mol. The van der Waals surface area contributed by atoms with E-state index in [1.165, 1.54) is 24.8 Å². The van der Waals surface area contributed by atoms with E-state index in [4.69, 9.17) is 0 Å². The second kappa shape index (κ2) is 4.63. The lowest BCUT2D eigenvalue weighted by Gasteiger charge is -2.15. The van der Waals surface area contributed by atoms with E-state index < -0.39 is 0 Å². The molecule has 1 aromatic carbocycles. The number of benzene rings is 1. The molecule has 1 aromatic rings. The number of fused-ring (bicyclic) bond motifs is 5.